The smallest absolute Gasteiger partial charge is 0.484 e. The zero-order valence-corrected chi connectivity index (χ0v) is 12.0. The summed E-state index contributed by atoms with van der Waals surface area (Å²) >= 11 is 0. The molecule has 2 saturated heterocycles. The highest BCUT2D eigenvalue weighted by atomic mass is 16.9. The first-order valence-corrected chi connectivity index (χ1v) is 6.60. The first-order chi connectivity index (χ1) is 9.26. The molecule has 3 rings (SSSR count). The van der Waals surface area contributed by atoms with Gasteiger partial charge in [-0.15, -0.1) is 0 Å². The molecule has 20 heavy (non-hydrogen) atoms. The van der Waals surface area contributed by atoms with Crippen LogP contribution in [0.1, 0.15) is 39.3 Å². The molecule has 2 fully saturated rings. The van der Waals surface area contributed by atoms with Gasteiger partial charge in [0.1, 0.15) is 6.00 Å². The zero-order chi connectivity index (χ0) is 14.6. The molecule has 0 aliphatic carbocycles. The van der Waals surface area contributed by atoms with Crippen LogP contribution < -0.4 is 0 Å². The lowest BCUT2D eigenvalue weighted by molar-refractivity contribution is 0.00578. The molecule has 0 radical (unpaired) electrons. The number of pyridine rings is 1. The summed E-state index contributed by atoms with van der Waals surface area (Å²) in [6.45, 7) is 5.26. The molecule has 0 amide bonds. The number of aromatic nitrogens is 1. The Morgan fingerprint density at radius 1 is 1.20 bits per heavy atom. The van der Waals surface area contributed by atoms with Crippen molar-refractivity contribution in [2.45, 2.75) is 44.9 Å². The summed E-state index contributed by atoms with van der Waals surface area (Å²) < 4.78 is 22.5. The van der Waals surface area contributed by atoms with Crippen molar-refractivity contribution in [3.63, 3.8) is 0 Å². The van der Waals surface area contributed by atoms with E-state index in [4.69, 9.17) is 18.7 Å². The van der Waals surface area contributed by atoms with Crippen molar-refractivity contribution >= 4 is 12.9 Å². The van der Waals surface area contributed by atoms with Gasteiger partial charge in [-0.3, -0.25) is 4.98 Å². The normalized spacial score (nSPS) is 29.2. The Kier molecular flexibility index (Phi) is 2.65. The van der Waals surface area contributed by atoms with E-state index >= 15 is 0 Å². The summed E-state index contributed by atoms with van der Waals surface area (Å²) in [7, 11) is 0. The molecule has 3 heterocycles. The monoisotopic (exact) mass is 278 g/mol. The van der Waals surface area contributed by atoms with Crippen molar-refractivity contribution in [3.8, 4) is 0 Å². The Balaban J connectivity index is 2.02. The topological polar surface area (TPSA) is 66.9 Å². The van der Waals surface area contributed by atoms with Crippen LogP contribution in [0.4, 0.5) is 4.79 Å². The lowest BCUT2D eigenvalue weighted by Crippen LogP contribution is -2.45. The van der Waals surface area contributed by atoms with Crippen molar-refractivity contribution < 1.29 is 23.5 Å². The van der Waals surface area contributed by atoms with Crippen LogP contribution in [0.3, 0.4) is 0 Å². The van der Waals surface area contributed by atoms with E-state index in [9.17, 15) is 4.79 Å². The van der Waals surface area contributed by atoms with Gasteiger partial charge in [0, 0.05) is 23.6 Å². The van der Waals surface area contributed by atoms with E-state index in [0.29, 0.717) is 5.56 Å². The van der Waals surface area contributed by atoms with Crippen LogP contribution in [-0.4, -0.2) is 29.1 Å². The van der Waals surface area contributed by atoms with Crippen LogP contribution in [-0.2, 0) is 18.7 Å². The van der Waals surface area contributed by atoms with Crippen molar-refractivity contribution in [2.24, 2.45) is 0 Å². The van der Waals surface area contributed by atoms with Crippen LogP contribution in [0.2, 0.25) is 0 Å². The molecule has 0 saturated carbocycles. The maximum absolute atomic E-state index is 11.6. The van der Waals surface area contributed by atoms with Gasteiger partial charge in [-0.25, -0.2) is 4.79 Å². The van der Waals surface area contributed by atoms with E-state index in [1.807, 2.05) is 27.7 Å². The predicted molar refractivity (Wildman–Crippen MR) is 70.6 cm³/mol. The largest absolute Gasteiger partial charge is 0.609 e. The van der Waals surface area contributed by atoms with Gasteiger partial charge in [0.15, 0.2) is 0 Å². The number of ether oxygens (including phenoxy) is 1. The number of cyclic esters (lactones) is 1. The molecule has 1 unspecified atom stereocenters. The zero-order valence-electron chi connectivity index (χ0n) is 12.0. The third-order valence-corrected chi connectivity index (χ3v) is 4.24. The fourth-order valence-electron chi connectivity index (χ4n) is 2.56. The standard InChI is InChI=1S/C13H17BNO5/c1-12(2)13(3,4)20-14(19-12)10(17-11(16)18-14)9-6-5-7-15-8-9/h5-8,10H,1-4H3/q-1. The molecule has 7 heteroatoms. The summed E-state index contributed by atoms with van der Waals surface area (Å²) in [5.74, 6) is 0. The number of hydrogen-bond acceptors (Lipinski definition) is 6. The average molecular weight is 278 g/mol. The number of nitrogens with zero attached hydrogens (tertiary/aromatic N) is 1. The highest BCUT2D eigenvalue weighted by molar-refractivity contribution is 6.65. The van der Waals surface area contributed by atoms with Crippen LogP contribution >= 0.6 is 0 Å². The summed E-state index contributed by atoms with van der Waals surface area (Å²) in [5.41, 5.74) is -0.532. The van der Waals surface area contributed by atoms with Gasteiger partial charge in [0.2, 0.25) is 0 Å². The minimum atomic E-state index is -2.34. The summed E-state index contributed by atoms with van der Waals surface area (Å²) in [6, 6.07) is 2.82. The minimum absolute atomic E-state index is 0.610. The Hall–Kier alpha value is -1.60. The fourth-order valence-corrected chi connectivity index (χ4v) is 2.56. The Morgan fingerprint density at radius 2 is 1.85 bits per heavy atom. The second-order valence-electron chi connectivity index (χ2n) is 6.15. The van der Waals surface area contributed by atoms with Crippen LogP contribution in [0.5, 0.6) is 0 Å². The highest BCUT2D eigenvalue weighted by Crippen LogP contribution is 2.50. The van der Waals surface area contributed by atoms with Crippen molar-refractivity contribution in [1.82, 2.24) is 4.98 Å². The van der Waals surface area contributed by atoms with E-state index in [2.05, 4.69) is 4.98 Å². The van der Waals surface area contributed by atoms with Gasteiger partial charge in [-0.2, -0.15) is 0 Å². The Bertz CT molecular complexity index is 529. The molecule has 1 aromatic rings. The highest BCUT2D eigenvalue weighted by Gasteiger charge is 2.63. The molecule has 6 nitrogen and oxygen atoms in total. The third-order valence-electron chi connectivity index (χ3n) is 4.24. The number of carbonyl (C=O) groups excluding carboxylic acids is 1. The number of rotatable bonds is 1. The molecule has 1 spiro atoms. The van der Waals surface area contributed by atoms with E-state index in [1.54, 1.807) is 24.5 Å². The van der Waals surface area contributed by atoms with Crippen LogP contribution in [0.25, 0.3) is 0 Å². The van der Waals surface area contributed by atoms with Gasteiger partial charge < -0.3 is 18.7 Å². The molecule has 1 aromatic heterocycles. The molecule has 0 aromatic carbocycles. The molecule has 0 N–H and O–H groups in total. The summed E-state index contributed by atoms with van der Waals surface area (Å²) in [4.78, 5) is 15.6. The minimum Gasteiger partial charge on any atom is -0.609 e. The van der Waals surface area contributed by atoms with Gasteiger partial charge in [0.05, 0.1) is 0 Å². The Morgan fingerprint density at radius 3 is 2.40 bits per heavy atom. The summed E-state index contributed by atoms with van der Waals surface area (Å²) in [5, 5.41) is 0. The second-order valence-corrected chi connectivity index (χ2v) is 6.15. The number of hydrogen-bond donors (Lipinski definition) is 0. The molecule has 108 valence electrons. The Labute approximate surface area is 117 Å². The van der Waals surface area contributed by atoms with Crippen LogP contribution in [0.15, 0.2) is 24.5 Å². The first kappa shape index (κ1) is 13.4. The van der Waals surface area contributed by atoms with Gasteiger partial charge in [-0.05, 0) is 39.3 Å². The molecule has 2 aliphatic heterocycles. The van der Waals surface area contributed by atoms with E-state index < -0.39 is 30.1 Å². The lowest BCUT2D eigenvalue weighted by Gasteiger charge is -2.36. The van der Waals surface area contributed by atoms with Gasteiger partial charge in [-0.1, -0.05) is 6.07 Å². The van der Waals surface area contributed by atoms with Crippen molar-refractivity contribution in [3.05, 3.63) is 30.1 Å². The molecule has 1 atom stereocenters. The predicted octanol–water partition coefficient (Wildman–Crippen LogP) is 2.37. The second kappa shape index (κ2) is 3.96. The van der Waals surface area contributed by atoms with E-state index in [-0.39, 0.29) is 0 Å². The molecular formula is C13H17BNO5-. The number of carbonyl (C=O) groups is 1. The third kappa shape index (κ3) is 1.81. The van der Waals surface area contributed by atoms with Crippen molar-refractivity contribution in [1.29, 1.82) is 0 Å². The lowest BCUT2D eigenvalue weighted by atomic mass is 9.68. The average Bonchev–Trinajstić information content (AvgIpc) is 2.73. The SMILES string of the molecule is CC1(C)O[B-]2(OC(=O)OC2c2cccnc2)OC1(C)C. The maximum Gasteiger partial charge on any atom is 0.484 e. The molecule has 2 aliphatic rings. The van der Waals surface area contributed by atoms with Crippen molar-refractivity contribution in [2.75, 3.05) is 0 Å². The van der Waals surface area contributed by atoms with E-state index in [0.717, 1.165) is 0 Å². The maximum atomic E-state index is 11.6. The van der Waals surface area contributed by atoms with Gasteiger partial charge >= 0.3 is 12.9 Å². The van der Waals surface area contributed by atoms with Crippen LogP contribution in [0, 0.1) is 0 Å². The van der Waals surface area contributed by atoms with E-state index in [1.165, 1.54) is 0 Å². The summed E-state index contributed by atoms with van der Waals surface area (Å²) in [6.07, 6.45) is 2.47. The van der Waals surface area contributed by atoms with Gasteiger partial charge in [0.25, 0.3) is 0 Å². The fraction of sp³-hybridized carbons (Fsp3) is 0.538. The molecular weight excluding hydrogens is 261 g/mol. The molecule has 0 bridgehead atoms. The quantitative estimate of drug-likeness (QED) is 0.580. The first-order valence-electron chi connectivity index (χ1n) is 6.60.